The predicted molar refractivity (Wildman–Crippen MR) is 94.6 cm³/mol. The summed E-state index contributed by atoms with van der Waals surface area (Å²) in [4.78, 5) is 13.2. The summed E-state index contributed by atoms with van der Waals surface area (Å²) in [6.45, 7) is 6.99. The SMILES string of the molecule is Cc1ccc(C(C)(O)CNC(C)c2ccc(N3CCOC3=O)cc2)o1. The minimum atomic E-state index is -1.08. The smallest absolute Gasteiger partial charge is 0.414 e. The van der Waals surface area contributed by atoms with Crippen LogP contribution in [0.2, 0.25) is 0 Å². The highest BCUT2D eigenvalue weighted by atomic mass is 16.6. The fourth-order valence-corrected chi connectivity index (χ4v) is 2.85. The highest BCUT2D eigenvalue weighted by Crippen LogP contribution is 2.25. The van der Waals surface area contributed by atoms with Gasteiger partial charge in [-0.2, -0.15) is 0 Å². The maximum Gasteiger partial charge on any atom is 0.414 e. The molecule has 0 aliphatic carbocycles. The first-order chi connectivity index (χ1) is 11.9. The first kappa shape index (κ1) is 17.5. The Morgan fingerprint density at radius 2 is 2.00 bits per heavy atom. The van der Waals surface area contributed by atoms with Gasteiger partial charge in [-0.15, -0.1) is 0 Å². The number of carbonyl (C=O) groups is 1. The molecule has 2 unspecified atom stereocenters. The molecule has 25 heavy (non-hydrogen) atoms. The van der Waals surface area contributed by atoms with Crippen LogP contribution in [0.25, 0.3) is 0 Å². The second-order valence-corrected chi connectivity index (χ2v) is 6.64. The molecule has 1 aromatic heterocycles. The van der Waals surface area contributed by atoms with E-state index in [1.165, 1.54) is 0 Å². The number of ether oxygens (including phenoxy) is 1. The van der Waals surface area contributed by atoms with Crippen molar-refractivity contribution in [1.82, 2.24) is 5.32 Å². The normalized spacial score (nSPS) is 18.1. The molecule has 0 saturated carbocycles. The van der Waals surface area contributed by atoms with Gasteiger partial charge in [-0.05, 0) is 50.6 Å². The van der Waals surface area contributed by atoms with Gasteiger partial charge in [0.1, 0.15) is 23.7 Å². The van der Waals surface area contributed by atoms with E-state index in [9.17, 15) is 9.90 Å². The maximum atomic E-state index is 11.6. The van der Waals surface area contributed by atoms with Crippen LogP contribution in [0.5, 0.6) is 0 Å². The van der Waals surface area contributed by atoms with Crippen LogP contribution in [0.1, 0.15) is 37.0 Å². The molecule has 2 N–H and O–H groups in total. The molecule has 1 aliphatic rings. The molecule has 2 heterocycles. The topological polar surface area (TPSA) is 74.9 Å². The highest BCUT2D eigenvalue weighted by molar-refractivity contribution is 5.89. The molecule has 0 spiro atoms. The number of nitrogens with zero attached hydrogens (tertiary/aromatic N) is 1. The molecular weight excluding hydrogens is 320 g/mol. The van der Waals surface area contributed by atoms with Gasteiger partial charge in [0.15, 0.2) is 0 Å². The number of benzene rings is 1. The van der Waals surface area contributed by atoms with E-state index in [-0.39, 0.29) is 12.1 Å². The second kappa shape index (κ2) is 6.90. The molecular formula is C19H24N2O4. The second-order valence-electron chi connectivity index (χ2n) is 6.64. The van der Waals surface area contributed by atoms with Crippen LogP contribution >= 0.6 is 0 Å². The summed E-state index contributed by atoms with van der Waals surface area (Å²) in [5.74, 6) is 1.33. The zero-order chi connectivity index (χ0) is 18.0. The summed E-state index contributed by atoms with van der Waals surface area (Å²) in [5, 5.41) is 13.9. The average molecular weight is 344 g/mol. The van der Waals surface area contributed by atoms with Crippen molar-refractivity contribution < 1.29 is 19.1 Å². The Morgan fingerprint density at radius 1 is 1.28 bits per heavy atom. The first-order valence-corrected chi connectivity index (χ1v) is 8.44. The van der Waals surface area contributed by atoms with Crippen LogP contribution in [-0.2, 0) is 10.3 Å². The van der Waals surface area contributed by atoms with E-state index in [2.05, 4.69) is 5.32 Å². The lowest BCUT2D eigenvalue weighted by Crippen LogP contribution is -2.36. The lowest BCUT2D eigenvalue weighted by atomic mass is 10.0. The largest absolute Gasteiger partial charge is 0.463 e. The summed E-state index contributed by atoms with van der Waals surface area (Å²) in [6.07, 6.45) is -0.302. The van der Waals surface area contributed by atoms with E-state index in [4.69, 9.17) is 9.15 Å². The highest BCUT2D eigenvalue weighted by Gasteiger charge is 2.27. The maximum absolute atomic E-state index is 11.6. The van der Waals surface area contributed by atoms with E-state index in [0.29, 0.717) is 25.5 Å². The number of amides is 1. The Labute approximate surface area is 147 Å². The van der Waals surface area contributed by atoms with Crippen LogP contribution in [0, 0.1) is 6.92 Å². The minimum absolute atomic E-state index is 0.0436. The lowest BCUT2D eigenvalue weighted by molar-refractivity contribution is 0.0313. The summed E-state index contributed by atoms with van der Waals surface area (Å²) in [7, 11) is 0. The third-order valence-corrected chi connectivity index (χ3v) is 4.49. The van der Waals surface area contributed by atoms with Crippen molar-refractivity contribution in [2.24, 2.45) is 0 Å². The van der Waals surface area contributed by atoms with Crippen LogP contribution in [0.3, 0.4) is 0 Å². The Balaban J connectivity index is 1.61. The number of rotatable bonds is 6. The first-order valence-electron chi connectivity index (χ1n) is 8.44. The van der Waals surface area contributed by atoms with Gasteiger partial charge >= 0.3 is 6.09 Å². The molecule has 1 fully saturated rings. The Bertz CT molecular complexity index is 736. The molecule has 0 bridgehead atoms. The monoisotopic (exact) mass is 344 g/mol. The van der Waals surface area contributed by atoms with E-state index in [1.807, 2.05) is 44.2 Å². The third-order valence-electron chi connectivity index (χ3n) is 4.49. The molecule has 1 saturated heterocycles. The molecule has 3 rings (SSSR count). The van der Waals surface area contributed by atoms with E-state index in [1.54, 1.807) is 17.9 Å². The summed E-state index contributed by atoms with van der Waals surface area (Å²) in [5.41, 5.74) is 0.821. The molecule has 1 aliphatic heterocycles. The minimum Gasteiger partial charge on any atom is -0.463 e. The lowest BCUT2D eigenvalue weighted by Gasteiger charge is -2.24. The number of carbonyl (C=O) groups excluding carboxylic acids is 1. The average Bonchev–Trinajstić information content (AvgIpc) is 3.22. The van der Waals surface area contributed by atoms with Crippen LogP contribution < -0.4 is 10.2 Å². The van der Waals surface area contributed by atoms with Crippen molar-refractivity contribution in [3.8, 4) is 0 Å². The number of cyclic esters (lactones) is 1. The Kier molecular flexibility index (Phi) is 4.83. The van der Waals surface area contributed by atoms with Crippen molar-refractivity contribution in [1.29, 1.82) is 0 Å². The molecule has 1 amide bonds. The van der Waals surface area contributed by atoms with E-state index in [0.717, 1.165) is 17.0 Å². The van der Waals surface area contributed by atoms with Gasteiger partial charge in [-0.3, -0.25) is 4.90 Å². The number of aliphatic hydroxyl groups is 1. The predicted octanol–water partition coefficient (Wildman–Crippen LogP) is 3.10. The zero-order valence-corrected chi connectivity index (χ0v) is 14.8. The summed E-state index contributed by atoms with van der Waals surface area (Å²) < 4.78 is 10.5. The summed E-state index contributed by atoms with van der Waals surface area (Å²) in [6, 6.07) is 11.5. The van der Waals surface area contributed by atoms with Crippen LogP contribution in [-0.4, -0.2) is 30.9 Å². The van der Waals surface area contributed by atoms with E-state index >= 15 is 0 Å². The molecule has 2 aromatic rings. The summed E-state index contributed by atoms with van der Waals surface area (Å²) >= 11 is 0. The van der Waals surface area contributed by atoms with Gasteiger partial charge in [0.25, 0.3) is 0 Å². The van der Waals surface area contributed by atoms with E-state index < -0.39 is 5.60 Å². The molecule has 2 atom stereocenters. The third kappa shape index (κ3) is 3.86. The molecule has 1 aromatic carbocycles. The molecule has 6 heteroatoms. The van der Waals surface area contributed by atoms with Crippen molar-refractivity contribution in [3.63, 3.8) is 0 Å². The number of anilines is 1. The Morgan fingerprint density at radius 3 is 2.56 bits per heavy atom. The van der Waals surface area contributed by atoms with Gasteiger partial charge < -0.3 is 19.6 Å². The fourth-order valence-electron chi connectivity index (χ4n) is 2.85. The number of aryl methyl sites for hydroxylation is 1. The number of nitrogens with one attached hydrogen (secondary N) is 1. The van der Waals surface area contributed by atoms with Gasteiger partial charge in [0, 0.05) is 18.3 Å². The zero-order valence-electron chi connectivity index (χ0n) is 14.8. The van der Waals surface area contributed by atoms with Crippen molar-refractivity contribution in [2.45, 2.75) is 32.4 Å². The van der Waals surface area contributed by atoms with Crippen molar-refractivity contribution in [3.05, 3.63) is 53.5 Å². The van der Waals surface area contributed by atoms with Crippen LogP contribution in [0.15, 0.2) is 40.8 Å². The fraction of sp³-hybridized carbons (Fsp3) is 0.421. The van der Waals surface area contributed by atoms with Crippen molar-refractivity contribution in [2.75, 3.05) is 24.6 Å². The van der Waals surface area contributed by atoms with Gasteiger partial charge in [-0.25, -0.2) is 4.79 Å². The van der Waals surface area contributed by atoms with Crippen molar-refractivity contribution >= 4 is 11.8 Å². The Hall–Kier alpha value is -2.31. The van der Waals surface area contributed by atoms with Gasteiger partial charge in [-0.1, -0.05) is 12.1 Å². The van der Waals surface area contributed by atoms with Gasteiger partial charge in [0.05, 0.1) is 6.54 Å². The van der Waals surface area contributed by atoms with Gasteiger partial charge in [0.2, 0.25) is 0 Å². The molecule has 134 valence electrons. The standard InChI is InChI=1S/C19H24N2O4/c1-13-4-9-17(25-13)19(3,23)12-20-14(2)15-5-7-16(8-6-15)21-10-11-24-18(21)22/h4-9,14,20,23H,10-12H2,1-3H3. The number of hydrogen-bond acceptors (Lipinski definition) is 5. The number of furan rings is 1. The quantitative estimate of drug-likeness (QED) is 0.842. The molecule has 0 radical (unpaired) electrons. The number of hydrogen-bond donors (Lipinski definition) is 2. The molecule has 6 nitrogen and oxygen atoms in total. The van der Waals surface area contributed by atoms with Crippen LogP contribution in [0.4, 0.5) is 10.5 Å².